The molecule has 0 saturated carbocycles. The molecule has 0 atom stereocenters. The lowest BCUT2D eigenvalue weighted by atomic mass is 10.0. The fourth-order valence-corrected chi connectivity index (χ4v) is 3.70. The zero-order valence-corrected chi connectivity index (χ0v) is 16.1. The molecule has 6 heteroatoms. The molecule has 5 nitrogen and oxygen atoms in total. The summed E-state index contributed by atoms with van der Waals surface area (Å²) in [6, 6.07) is 14.7. The van der Waals surface area contributed by atoms with Gasteiger partial charge in [0, 0.05) is 31.7 Å². The number of benzene rings is 2. The third-order valence-corrected chi connectivity index (χ3v) is 5.23. The minimum atomic E-state index is -0.228. The zero-order valence-electron chi connectivity index (χ0n) is 16.1. The molecule has 144 valence electrons. The quantitative estimate of drug-likeness (QED) is 0.754. The first-order chi connectivity index (χ1) is 13.5. The van der Waals surface area contributed by atoms with Gasteiger partial charge in [-0.1, -0.05) is 35.9 Å². The number of carbonyl (C=O) groups is 1. The van der Waals surface area contributed by atoms with E-state index >= 15 is 0 Å². The van der Waals surface area contributed by atoms with Gasteiger partial charge in [-0.2, -0.15) is 5.10 Å². The van der Waals surface area contributed by atoms with Crippen molar-refractivity contribution in [3.05, 3.63) is 71.2 Å². The normalized spacial score (nSPS) is 14.4. The van der Waals surface area contributed by atoms with E-state index in [0.717, 1.165) is 16.8 Å². The molecule has 3 aromatic rings. The van der Waals surface area contributed by atoms with Crippen LogP contribution in [0.4, 0.5) is 10.1 Å². The molecule has 2 heterocycles. The molecule has 0 unspecified atom stereocenters. The summed E-state index contributed by atoms with van der Waals surface area (Å²) in [4.78, 5) is 16.6. The molecule has 1 aliphatic rings. The van der Waals surface area contributed by atoms with E-state index in [2.05, 4.69) is 23.2 Å². The Kier molecular flexibility index (Phi) is 4.86. The number of nitrogens with zero attached hydrogens (tertiary/aromatic N) is 3. The summed E-state index contributed by atoms with van der Waals surface area (Å²) in [5.74, 6) is -0.300. The number of halogens is 1. The molecule has 2 aromatic carbocycles. The van der Waals surface area contributed by atoms with Crippen molar-refractivity contribution < 1.29 is 9.18 Å². The van der Waals surface area contributed by atoms with E-state index in [1.807, 2.05) is 36.1 Å². The minimum Gasteiger partial charge on any atom is -0.366 e. The molecule has 4 rings (SSSR count). The molecule has 1 amide bonds. The number of piperazine rings is 1. The smallest absolute Gasteiger partial charge is 0.272 e. The maximum Gasteiger partial charge on any atom is 0.272 e. The second-order valence-electron chi connectivity index (χ2n) is 7.22. The van der Waals surface area contributed by atoms with Gasteiger partial charge in [0.05, 0.1) is 11.4 Å². The highest BCUT2D eigenvalue weighted by Crippen LogP contribution is 2.24. The molecule has 0 aliphatic carbocycles. The number of hydrogen-bond acceptors (Lipinski definition) is 3. The Morgan fingerprint density at radius 2 is 1.79 bits per heavy atom. The summed E-state index contributed by atoms with van der Waals surface area (Å²) >= 11 is 0. The van der Waals surface area contributed by atoms with Gasteiger partial charge in [0.25, 0.3) is 5.91 Å². The van der Waals surface area contributed by atoms with Crippen LogP contribution in [0.1, 0.15) is 21.6 Å². The Hall–Kier alpha value is -3.15. The number of rotatable bonds is 3. The minimum absolute atomic E-state index is 0.0725. The molecule has 1 aliphatic heterocycles. The van der Waals surface area contributed by atoms with Crippen LogP contribution >= 0.6 is 0 Å². The monoisotopic (exact) mass is 378 g/mol. The first-order valence-electron chi connectivity index (χ1n) is 9.45. The van der Waals surface area contributed by atoms with Gasteiger partial charge in [-0.25, -0.2) is 4.39 Å². The maximum atomic E-state index is 14.0. The van der Waals surface area contributed by atoms with E-state index in [9.17, 15) is 9.18 Å². The second kappa shape index (κ2) is 7.46. The summed E-state index contributed by atoms with van der Waals surface area (Å²) in [6.07, 6.45) is 0. The average Bonchev–Trinajstić information content (AvgIpc) is 3.18. The molecular weight excluding hydrogens is 355 g/mol. The molecule has 1 fully saturated rings. The highest BCUT2D eigenvalue weighted by Gasteiger charge is 2.25. The van der Waals surface area contributed by atoms with Crippen molar-refractivity contribution in [2.75, 3.05) is 31.1 Å². The van der Waals surface area contributed by atoms with E-state index in [1.54, 1.807) is 17.0 Å². The zero-order chi connectivity index (χ0) is 19.7. The van der Waals surface area contributed by atoms with Gasteiger partial charge in [0.2, 0.25) is 0 Å². The summed E-state index contributed by atoms with van der Waals surface area (Å²) in [6.45, 7) is 6.39. The van der Waals surface area contributed by atoms with Crippen LogP contribution in [0, 0.1) is 19.7 Å². The summed E-state index contributed by atoms with van der Waals surface area (Å²) in [5, 5.41) is 7.21. The number of amides is 1. The van der Waals surface area contributed by atoms with Crippen LogP contribution in [0.15, 0.2) is 48.5 Å². The van der Waals surface area contributed by atoms with Crippen molar-refractivity contribution in [1.29, 1.82) is 0 Å². The van der Waals surface area contributed by atoms with Crippen molar-refractivity contribution in [1.82, 2.24) is 15.1 Å². The molecule has 28 heavy (non-hydrogen) atoms. The van der Waals surface area contributed by atoms with E-state index in [0.29, 0.717) is 37.6 Å². The van der Waals surface area contributed by atoms with Crippen LogP contribution in [-0.2, 0) is 0 Å². The van der Waals surface area contributed by atoms with Crippen LogP contribution in [-0.4, -0.2) is 47.2 Å². The topological polar surface area (TPSA) is 52.2 Å². The molecule has 0 radical (unpaired) electrons. The van der Waals surface area contributed by atoms with Crippen molar-refractivity contribution >= 4 is 11.6 Å². The number of hydrogen-bond donors (Lipinski definition) is 1. The Balaban J connectivity index is 1.45. The number of nitrogens with one attached hydrogen (secondary N) is 1. The van der Waals surface area contributed by atoms with Crippen LogP contribution < -0.4 is 4.90 Å². The third-order valence-electron chi connectivity index (χ3n) is 5.23. The average molecular weight is 378 g/mol. The van der Waals surface area contributed by atoms with E-state index in [4.69, 9.17) is 0 Å². The number of para-hydroxylation sites is 1. The highest BCUT2D eigenvalue weighted by molar-refractivity contribution is 5.93. The van der Waals surface area contributed by atoms with E-state index in [-0.39, 0.29) is 11.7 Å². The Morgan fingerprint density at radius 3 is 2.50 bits per heavy atom. The van der Waals surface area contributed by atoms with E-state index in [1.165, 1.54) is 11.6 Å². The largest absolute Gasteiger partial charge is 0.366 e. The van der Waals surface area contributed by atoms with Crippen LogP contribution in [0.5, 0.6) is 0 Å². The van der Waals surface area contributed by atoms with Gasteiger partial charge < -0.3 is 9.80 Å². The molecule has 0 bridgehead atoms. The highest BCUT2D eigenvalue weighted by atomic mass is 19.1. The van der Waals surface area contributed by atoms with Crippen molar-refractivity contribution in [2.45, 2.75) is 13.8 Å². The lowest BCUT2D eigenvalue weighted by molar-refractivity contribution is 0.0740. The predicted octanol–water partition coefficient (Wildman–Crippen LogP) is 3.80. The molecule has 0 spiro atoms. The lowest BCUT2D eigenvalue weighted by Crippen LogP contribution is -2.49. The van der Waals surface area contributed by atoms with Gasteiger partial charge in [0.15, 0.2) is 0 Å². The molecule has 1 N–H and O–H groups in total. The number of aromatic amines is 1. The summed E-state index contributed by atoms with van der Waals surface area (Å²) in [7, 11) is 0. The van der Waals surface area contributed by atoms with Gasteiger partial charge in [-0.05, 0) is 37.6 Å². The Morgan fingerprint density at radius 1 is 1.04 bits per heavy atom. The number of aryl methyl sites for hydroxylation is 2. The number of carbonyl (C=O) groups excluding carboxylic acids is 1. The third kappa shape index (κ3) is 3.50. The fourth-order valence-electron chi connectivity index (χ4n) is 3.70. The first-order valence-corrected chi connectivity index (χ1v) is 9.45. The molecular formula is C22H23FN4O. The van der Waals surface area contributed by atoms with Gasteiger partial charge in [-0.3, -0.25) is 9.89 Å². The predicted molar refractivity (Wildman–Crippen MR) is 108 cm³/mol. The van der Waals surface area contributed by atoms with Crippen molar-refractivity contribution in [2.24, 2.45) is 0 Å². The van der Waals surface area contributed by atoms with Crippen LogP contribution in [0.2, 0.25) is 0 Å². The number of anilines is 1. The molecule has 1 saturated heterocycles. The molecule has 1 aromatic heterocycles. The van der Waals surface area contributed by atoms with E-state index < -0.39 is 0 Å². The standard InChI is InChI=1S/C22H23FN4O/c1-15-7-8-17(16(2)13-15)19-14-20(25-24-19)22(28)27-11-9-26(10-12-27)21-6-4-3-5-18(21)23/h3-8,13-14H,9-12H2,1-2H3,(H,24,25). The number of aromatic nitrogens is 2. The van der Waals surface area contributed by atoms with Crippen LogP contribution in [0.25, 0.3) is 11.3 Å². The fraction of sp³-hybridized carbons (Fsp3) is 0.273. The van der Waals surface area contributed by atoms with Crippen molar-refractivity contribution in [3.63, 3.8) is 0 Å². The maximum absolute atomic E-state index is 14.0. The SMILES string of the molecule is Cc1ccc(-c2cc(C(=O)N3CCN(c4ccccc4F)CC3)[nH]n2)c(C)c1. The number of H-pyrrole nitrogens is 1. The summed E-state index contributed by atoms with van der Waals surface area (Å²) < 4.78 is 14.0. The van der Waals surface area contributed by atoms with Gasteiger partial charge >= 0.3 is 0 Å². The van der Waals surface area contributed by atoms with Gasteiger partial charge in [-0.15, -0.1) is 0 Å². The van der Waals surface area contributed by atoms with Gasteiger partial charge in [0.1, 0.15) is 11.5 Å². The second-order valence-corrected chi connectivity index (χ2v) is 7.22. The Bertz CT molecular complexity index is 1010. The Labute approximate surface area is 163 Å². The first kappa shape index (κ1) is 18.2. The van der Waals surface area contributed by atoms with Crippen LogP contribution in [0.3, 0.4) is 0 Å². The lowest BCUT2D eigenvalue weighted by Gasteiger charge is -2.36. The summed E-state index contributed by atoms with van der Waals surface area (Å²) in [5.41, 5.74) is 5.18. The van der Waals surface area contributed by atoms with Crippen molar-refractivity contribution in [3.8, 4) is 11.3 Å².